The van der Waals surface area contributed by atoms with Gasteiger partial charge in [0.05, 0.1) is 12.6 Å². The first-order valence-corrected chi connectivity index (χ1v) is 8.39. The quantitative estimate of drug-likeness (QED) is 0.860. The van der Waals surface area contributed by atoms with Crippen molar-refractivity contribution in [2.75, 3.05) is 19.6 Å². The molecule has 0 aromatic heterocycles. The van der Waals surface area contributed by atoms with Crippen LogP contribution < -0.4 is 0 Å². The van der Waals surface area contributed by atoms with Crippen LogP contribution in [0.1, 0.15) is 44.2 Å². The van der Waals surface area contributed by atoms with Gasteiger partial charge in [0.2, 0.25) is 11.8 Å². The number of benzene rings is 1. The van der Waals surface area contributed by atoms with E-state index in [1.165, 1.54) is 12.1 Å². The number of hydrogen-bond acceptors (Lipinski definition) is 2. The Bertz CT molecular complexity index is 604. The zero-order valence-electron chi connectivity index (χ0n) is 13.5. The number of carbonyl (C=O) groups is 2. The minimum atomic E-state index is -0.278. The van der Waals surface area contributed by atoms with E-state index in [2.05, 4.69) is 6.92 Å². The highest BCUT2D eigenvalue weighted by molar-refractivity contribution is 5.85. The average molecular weight is 318 g/mol. The fraction of sp³-hybridized carbons (Fsp3) is 0.556. The van der Waals surface area contributed by atoms with Gasteiger partial charge in [0.1, 0.15) is 5.82 Å². The molecule has 0 bridgehead atoms. The highest BCUT2D eigenvalue weighted by Gasteiger charge is 2.36. The van der Waals surface area contributed by atoms with Gasteiger partial charge in [-0.2, -0.15) is 0 Å². The van der Waals surface area contributed by atoms with Crippen LogP contribution >= 0.6 is 0 Å². The van der Waals surface area contributed by atoms with Crippen LogP contribution in [0.3, 0.4) is 0 Å². The highest BCUT2D eigenvalue weighted by Crippen LogP contribution is 2.37. The van der Waals surface area contributed by atoms with Crippen molar-refractivity contribution in [3.05, 3.63) is 35.6 Å². The van der Waals surface area contributed by atoms with E-state index in [1.54, 1.807) is 11.0 Å². The lowest BCUT2D eigenvalue weighted by molar-refractivity contribution is -0.142. The molecule has 4 nitrogen and oxygen atoms in total. The molecule has 0 spiro atoms. The minimum absolute atomic E-state index is 0.0288. The summed E-state index contributed by atoms with van der Waals surface area (Å²) in [5.74, 6) is 0.0519. The Morgan fingerprint density at radius 2 is 2.13 bits per heavy atom. The van der Waals surface area contributed by atoms with Crippen molar-refractivity contribution in [2.24, 2.45) is 5.92 Å². The van der Waals surface area contributed by atoms with Crippen LogP contribution in [0.15, 0.2) is 24.3 Å². The second kappa shape index (κ2) is 6.69. The fourth-order valence-electron chi connectivity index (χ4n) is 3.71. The van der Waals surface area contributed by atoms with Crippen LogP contribution in [0.4, 0.5) is 4.39 Å². The van der Waals surface area contributed by atoms with Crippen molar-refractivity contribution in [2.45, 2.75) is 38.6 Å². The largest absolute Gasteiger partial charge is 0.334 e. The van der Waals surface area contributed by atoms with Crippen LogP contribution in [-0.4, -0.2) is 41.2 Å². The van der Waals surface area contributed by atoms with Gasteiger partial charge in [0.25, 0.3) is 0 Å². The summed E-state index contributed by atoms with van der Waals surface area (Å²) in [6.07, 6.45) is 3.32. The second-order valence-electron chi connectivity index (χ2n) is 6.63. The SMILES string of the molecule is CC1CCN(C(=O)CN2CCCCC2=O)C1c1cccc(F)c1. The summed E-state index contributed by atoms with van der Waals surface area (Å²) in [5.41, 5.74) is 0.841. The molecule has 2 atom stereocenters. The van der Waals surface area contributed by atoms with Crippen molar-refractivity contribution in [1.29, 1.82) is 0 Å². The fourth-order valence-corrected chi connectivity index (χ4v) is 3.71. The molecule has 0 N–H and O–H groups in total. The lowest BCUT2D eigenvalue weighted by atomic mass is 9.95. The molecule has 0 radical (unpaired) electrons. The third-order valence-electron chi connectivity index (χ3n) is 4.96. The molecule has 2 amide bonds. The first-order chi connectivity index (χ1) is 11.1. The Morgan fingerprint density at radius 1 is 1.30 bits per heavy atom. The number of rotatable bonds is 3. The topological polar surface area (TPSA) is 40.6 Å². The van der Waals surface area contributed by atoms with Gasteiger partial charge in [-0.15, -0.1) is 0 Å². The van der Waals surface area contributed by atoms with E-state index in [0.29, 0.717) is 19.5 Å². The summed E-state index contributed by atoms with van der Waals surface area (Å²) < 4.78 is 13.5. The van der Waals surface area contributed by atoms with Gasteiger partial charge in [-0.3, -0.25) is 9.59 Å². The van der Waals surface area contributed by atoms with Crippen LogP contribution in [-0.2, 0) is 9.59 Å². The van der Waals surface area contributed by atoms with Crippen molar-refractivity contribution in [1.82, 2.24) is 9.80 Å². The molecule has 2 heterocycles. The van der Waals surface area contributed by atoms with Crippen LogP contribution in [0.25, 0.3) is 0 Å². The molecule has 2 aliphatic heterocycles. The number of amides is 2. The Morgan fingerprint density at radius 3 is 2.87 bits per heavy atom. The van der Waals surface area contributed by atoms with Gasteiger partial charge in [-0.1, -0.05) is 19.1 Å². The summed E-state index contributed by atoms with van der Waals surface area (Å²) in [6, 6.07) is 6.40. The standard InChI is InChI=1S/C18H23FN2O2/c1-13-8-10-21(18(13)14-5-4-6-15(19)11-14)17(23)12-20-9-3-2-7-16(20)22/h4-6,11,13,18H,2-3,7-10,12H2,1H3. The maximum atomic E-state index is 13.5. The third kappa shape index (κ3) is 3.38. The lowest BCUT2D eigenvalue weighted by Gasteiger charge is -2.32. The van der Waals surface area contributed by atoms with Crippen LogP contribution in [0.2, 0.25) is 0 Å². The van der Waals surface area contributed by atoms with Gasteiger partial charge < -0.3 is 9.80 Å². The second-order valence-corrected chi connectivity index (χ2v) is 6.63. The van der Waals surface area contributed by atoms with E-state index >= 15 is 0 Å². The summed E-state index contributed by atoms with van der Waals surface area (Å²) in [5, 5.41) is 0. The van der Waals surface area contributed by atoms with Crippen molar-refractivity contribution in [3.63, 3.8) is 0 Å². The van der Waals surface area contributed by atoms with Gasteiger partial charge in [0.15, 0.2) is 0 Å². The normalized spacial score (nSPS) is 25.0. The smallest absolute Gasteiger partial charge is 0.242 e. The number of halogens is 1. The molecular weight excluding hydrogens is 295 g/mol. The summed E-state index contributed by atoms with van der Waals surface area (Å²) >= 11 is 0. The Balaban J connectivity index is 1.75. The zero-order valence-corrected chi connectivity index (χ0v) is 13.5. The summed E-state index contributed by atoms with van der Waals surface area (Å²) in [6.45, 7) is 3.58. The van der Waals surface area contributed by atoms with Gasteiger partial charge in [0, 0.05) is 19.5 Å². The molecule has 23 heavy (non-hydrogen) atoms. The predicted molar refractivity (Wildman–Crippen MR) is 85.1 cm³/mol. The maximum absolute atomic E-state index is 13.5. The van der Waals surface area contributed by atoms with Gasteiger partial charge in [-0.05, 0) is 42.9 Å². The van der Waals surface area contributed by atoms with E-state index in [-0.39, 0.29) is 36.1 Å². The molecule has 124 valence electrons. The van der Waals surface area contributed by atoms with Crippen molar-refractivity contribution in [3.8, 4) is 0 Å². The molecule has 0 aliphatic carbocycles. The molecule has 3 rings (SSSR count). The molecule has 2 unspecified atom stereocenters. The maximum Gasteiger partial charge on any atom is 0.242 e. The lowest BCUT2D eigenvalue weighted by Crippen LogP contribution is -2.44. The van der Waals surface area contributed by atoms with E-state index in [1.807, 2.05) is 11.0 Å². The first kappa shape index (κ1) is 16.0. The summed E-state index contributed by atoms with van der Waals surface area (Å²) in [7, 11) is 0. The molecule has 2 saturated heterocycles. The highest BCUT2D eigenvalue weighted by atomic mass is 19.1. The molecule has 0 saturated carbocycles. The molecular formula is C18H23FN2O2. The number of hydrogen-bond donors (Lipinski definition) is 0. The number of nitrogens with zero attached hydrogens (tertiary/aromatic N) is 2. The Kier molecular flexibility index (Phi) is 4.64. The molecule has 1 aromatic rings. The first-order valence-electron chi connectivity index (χ1n) is 8.39. The Hall–Kier alpha value is -1.91. The Labute approximate surface area is 136 Å². The molecule has 2 fully saturated rings. The number of piperidine rings is 1. The van der Waals surface area contributed by atoms with E-state index in [4.69, 9.17) is 0 Å². The van der Waals surface area contributed by atoms with Gasteiger partial charge >= 0.3 is 0 Å². The average Bonchev–Trinajstić information content (AvgIpc) is 2.91. The van der Waals surface area contributed by atoms with Crippen LogP contribution in [0, 0.1) is 11.7 Å². The van der Waals surface area contributed by atoms with E-state index < -0.39 is 0 Å². The monoisotopic (exact) mass is 318 g/mol. The predicted octanol–water partition coefficient (Wildman–Crippen LogP) is 2.75. The van der Waals surface area contributed by atoms with Crippen LogP contribution in [0.5, 0.6) is 0 Å². The molecule has 5 heteroatoms. The summed E-state index contributed by atoms with van der Waals surface area (Å²) in [4.78, 5) is 28.1. The van der Waals surface area contributed by atoms with Gasteiger partial charge in [-0.25, -0.2) is 4.39 Å². The molecule has 1 aromatic carbocycles. The number of likely N-dealkylation sites (tertiary alicyclic amines) is 2. The van der Waals surface area contributed by atoms with E-state index in [0.717, 1.165) is 24.8 Å². The third-order valence-corrected chi connectivity index (χ3v) is 4.96. The zero-order chi connectivity index (χ0) is 16.4. The molecule has 2 aliphatic rings. The van der Waals surface area contributed by atoms with E-state index in [9.17, 15) is 14.0 Å². The minimum Gasteiger partial charge on any atom is -0.334 e. The van der Waals surface area contributed by atoms with Crippen molar-refractivity contribution < 1.29 is 14.0 Å². The van der Waals surface area contributed by atoms with Crippen molar-refractivity contribution >= 4 is 11.8 Å². The number of carbonyl (C=O) groups excluding carboxylic acids is 2.